The third-order valence-corrected chi connectivity index (χ3v) is 6.31. The molecule has 1 amide bonds. The van der Waals surface area contributed by atoms with Crippen molar-refractivity contribution in [2.75, 3.05) is 6.54 Å². The van der Waals surface area contributed by atoms with E-state index in [4.69, 9.17) is 0 Å². The largest absolute Gasteiger partial charge is 0.284 e. The summed E-state index contributed by atoms with van der Waals surface area (Å²) in [5.74, 6) is -0.928. The molecule has 0 spiro atoms. The van der Waals surface area contributed by atoms with Crippen LogP contribution in [0, 0.1) is 12.7 Å². The van der Waals surface area contributed by atoms with E-state index in [0.29, 0.717) is 0 Å². The lowest BCUT2D eigenvalue weighted by Crippen LogP contribution is -2.29. The normalized spacial score (nSPS) is 17.5. The SMILES string of the molecule is C=CCN1C(=O)/C(=C/c2ccccc2F)SC1=NS(=O)(=O)c1ccc(C)cc1. The number of nitrogens with zero attached hydrogens (tertiary/aromatic N) is 2. The minimum absolute atomic E-state index is 0.00747. The summed E-state index contributed by atoms with van der Waals surface area (Å²) >= 11 is 0.889. The van der Waals surface area contributed by atoms with E-state index in [1.54, 1.807) is 24.3 Å². The van der Waals surface area contributed by atoms with Gasteiger partial charge in [0.2, 0.25) is 0 Å². The average Bonchev–Trinajstić information content (AvgIpc) is 2.92. The molecular formula is C20H17FN2O3S2. The monoisotopic (exact) mass is 416 g/mol. The van der Waals surface area contributed by atoms with Crippen LogP contribution in [0.4, 0.5) is 4.39 Å². The van der Waals surface area contributed by atoms with Crippen LogP contribution in [0.15, 0.2) is 75.4 Å². The van der Waals surface area contributed by atoms with Gasteiger partial charge in [0.1, 0.15) is 5.82 Å². The van der Waals surface area contributed by atoms with E-state index in [-0.39, 0.29) is 27.1 Å². The summed E-state index contributed by atoms with van der Waals surface area (Å²) in [6.07, 6.45) is 2.86. The first-order valence-corrected chi connectivity index (χ1v) is 10.6. The highest BCUT2D eigenvalue weighted by molar-refractivity contribution is 8.19. The van der Waals surface area contributed by atoms with Crippen molar-refractivity contribution < 1.29 is 17.6 Å². The molecule has 0 radical (unpaired) electrons. The smallest absolute Gasteiger partial charge is 0.282 e. The molecule has 1 saturated heterocycles. The number of carbonyl (C=O) groups excluding carboxylic acids is 1. The van der Waals surface area contributed by atoms with Gasteiger partial charge in [-0.05, 0) is 43.0 Å². The molecule has 1 aliphatic heterocycles. The summed E-state index contributed by atoms with van der Waals surface area (Å²) in [5, 5.41) is 0.00747. The van der Waals surface area contributed by atoms with Crippen molar-refractivity contribution in [3.63, 3.8) is 0 Å². The molecule has 0 N–H and O–H groups in total. The third kappa shape index (κ3) is 4.23. The minimum Gasteiger partial charge on any atom is -0.282 e. The second kappa shape index (κ2) is 8.12. The van der Waals surface area contributed by atoms with Crippen molar-refractivity contribution in [1.29, 1.82) is 0 Å². The Labute approximate surface area is 167 Å². The third-order valence-electron chi connectivity index (χ3n) is 3.91. The molecule has 1 heterocycles. The maximum Gasteiger partial charge on any atom is 0.284 e. The van der Waals surface area contributed by atoms with E-state index in [9.17, 15) is 17.6 Å². The number of hydrogen-bond donors (Lipinski definition) is 0. The van der Waals surface area contributed by atoms with Gasteiger partial charge in [0.15, 0.2) is 5.17 Å². The van der Waals surface area contributed by atoms with Gasteiger partial charge < -0.3 is 0 Å². The van der Waals surface area contributed by atoms with Crippen molar-refractivity contribution in [1.82, 2.24) is 4.90 Å². The Morgan fingerprint density at radius 2 is 1.86 bits per heavy atom. The van der Waals surface area contributed by atoms with Crippen molar-refractivity contribution in [3.8, 4) is 0 Å². The Morgan fingerprint density at radius 1 is 1.18 bits per heavy atom. The number of thioether (sulfide) groups is 1. The minimum atomic E-state index is -4.00. The highest BCUT2D eigenvalue weighted by atomic mass is 32.2. The number of rotatable bonds is 5. The lowest BCUT2D eigenvalue weighted by Gasteiger charge is -2.12. The van der Waals surface area contributed by atoms with Gasteiger partial charge in [-0.15, -0.1) is 11.0 Å². The van der Waals surface area contributed by atoms with Gasteiger partial charge in [-0.25, -0.2) is 4.39 Å². The van der Waals surface area contributed by atoms with E-state index in [0.717, 1.165) is 17.3 Å². The summed E-state index contributed by atoms with van der Waals surface area (Å²) in [4.78, 5) is 14.1. The fourth-order valence-corrected chi connectivity index (χ4v) is 4.65. The van der Waals surface area contributed by atoms with Crippen LogP contribution in [0.25, 0.3) is 6.08 Å². The summed E-state index contributed by atoms with van der Waals surface area (Å²) in [5.41, 5.74) is 1.15. The molecule has 8 heteroatoms. The zero-order chi connectivity index (χ0) is 20.3. The molecule has 0 bridgehead atoms. The molecule has 0 atom stereocenters. The molecule has 2 aromatic carbocycles. The van der Waals surface area contributed by atoms with E-state index in [2.05, 4.69) is 11.0 Å². The maximum absolute atomic E-state index is 13.9. The first kappa shape index (κ1) is 20.0. The Hall–Kier alpha value is -2.71. The van der Waals surface area contributed by atoms with E-state index >= 15 is 0 Å². The number of amides is 1. The van der Waals surface area contributed by atoms with Crippen LogP contribution in [0.3, 0.4) is 0 Å². The Morgan fingerprint density at radius 3 is 2.50 bits per heavy atom. The van der Waals surface area contributed by atoms with Crippen LogP contribution in [0.2, 0.25) is 0 Å². The fourth-order valence-electron chi connectivity index (χ4n) is 2.47. The Bertz CT molecular complexity index is 1090. The van der Waals surface area contributed by atoms with Crippen molar-refractivity contribution >= 4 is 38.9 Å². The van der Waals surface area contributed by atoms with Gasteiger partial charge in [0, 0.05) is 12.1 Å². The predicted molar refractivity (Wildman–Crippen MR) is 110 cm³/mol. The molecule has 5 nitrogen and oxygen atoms in total. The molecule has 0 unspecified atom stereocenters. The second-order valence-corrected chi connectivity index (χ2v) is 8.61. The molecule has 0 aromatic heterocycles. The van der Waals surface area contributed by atoms with Crippen molar-refractivity contribution in [2.45, 2.75) is 11.8 Å². The molecule has 3 rings (SSSR count). The number of hydrogen-bond acceptors (Lipinski definition) is 4. The van der Waals surface area contributed by atoms with Gasteiger partial charge in [-0.1, -0.05) is 42.0 Å². The summed E-state index contributed by atoms with van der Waals surface area (Å²) in [6.45, 7) is 5.53. The first-order valence-electron chi connectivity index (χ1n) is 8.30. The predicted octanol–water partition coefficient (Wildman–Crippen LogP) is 3.98. The lowest BCUT2D eigenvalue weighted by atomic mass is 10.2. The maximum atomic E-state index is 13.9. The molecule has 0 saturated carbocycles. The number of benzene rings is 2. The van der Waals surface area contributed by atoms with Gasteiger partial charge in [-0.2, -0.15) is 8.42 Å². The summed E-state index contributed by atoms with van der Waals surface area (Å²) in [6, 6.07) is 12.3. The number of aryl methyl sites for hydroxylation is 1. The van der Waals surface area contributed by atoms with Gasteiger partial charge in [0.05, 0.1) is 9.80 Å². The topological polar surface area (TPSA) is 66.8 Å². The quantitative estimate of drug-likeness (QED) is 0.546. The van der Waals surface area contributed by atoms with Gasteiger partial charge in [0.25, 0.3) is 15.9 Å². The highest BCUT2D eigenvalue weighted by Crippen LogP contribution is 2.34. The first-order chi connectivity index (χ1) is 13.3. The summed E-state index contributed by atoms with van der Waals surface area (Å²) in [7, 11) is -4.00. The van der Waals surface area contributed by atoms with Crippen LogP contribution < -0.4 is 0 Å². The Kier molecular flexibility index (Phi) is 5.81. The zero-order valence-corrected chi connectivity index (χ0v) is 16.6. The number of amidine groups is 1. The van der Waals surface area contributed by atoms with Crippen molar-refractivity contribution in [2.24, 2.45) is 4.40 Å². The van der Waals surface area contributed by atoms with Crippen LogP contribution >= 0.6 is 11.8 Å². The average molecular weight is 416 g/mol. The van der Waals surface area contributed by atoms with E-state index in [1.165, 1.54) is 41.3 Å². The van der Waals surface area contributed by atoms with Crippen LogP contribution in [0.1, 0.15) is 11.1 Å². The molecule has 0 aliphatic carbocycles. The van der Waals surface area contributed by atoms with Crippen LogP contribution in [-0.4, -0.2) is 30.9 Å². The molecular weight excluding hydrogens is 399 g/mol. The highest BCUT2D eigenvalue weighted by Gasteiger charge is 2.34. The fraction of sp³-hybridized carbons (Fsp3) is 0.100. The van der Waals surface area contributed by atoms with Gasteiger partial charge in [-0.3, -0.25) is 9.69 Å². The molecule has 28 heavy (non-hydrogen) atoms. The van der Waals surface area contributed by atoms with E-state index < -0.39 is 21.7 Å². The standard InChI is InChI=1S/C20H17FN2O3S2/c1-3-12-23-19(24)18(13-15-6-4-5-7-17(15)21)27-20(23)22-28(25,26)16-10-8-14(2)9-11-16/h3-11,13H,1,12H2,2H3/b18-13-,22-20?. The van der Waals surface area contributed by atoms with Crippen molar-refractivity contribution in [3.05, 3.63) is 83.0 Å². The van der Waals surface area contributed by atoms with E-state index in [1.807, 2.05) is 6.92 Å². The van der Waals surface area contributed by atoms with Crippen LogP contribution in [-0.2, 0) is 14.8 Å². The zero-order valence-electron chi connectivity index (χ0n) is 15.0. The Balaban J connectivity index is 2.01. The molecule has 1 fully saturated rings. The molecule has 2 aromatic rings. The molecule has 144 valence electrons. The lowest BCUT2D eigenvalue weighted by molar-refractivity contribution is -0.121. The second-order valence-electron chi connectivity index (χ2n) is 6.00. The number of halogens is 1. The number of carbonyl (C=O) groups is 1. The van der Waals surface area contributed by atoms with Crippen LogP contribution in [0.5, 0.6) is 0 Å². The molecule has 1 aliphatic rings. The summed E-state index contributed by atoms with van der Waals surface area (Å²) < 4.78 is 43.0. The number of sulfonamides is 1. The van der Waals surface area contributed by atoms with Gasteiger partial charge >= 0.3 is 0 Å².